The Morgan fingerprint density at radius 2 is 1.33 bits per heavy atom. The van der Waals surface area contributed by atoms with Gasteiger partial charge in [0.05, 0.1) is 18.8 Å². The minimum Gasteiger partial charge on any atom is -0.494 e. The summed E-state index contributed by atoms with van der Waals surface area (Å²) in [6.07, 6.45) is -14.0. The van der Waals surface area contributed by atoms with Gasteiger partial charge in [-0.2, -0.15) is 43.9 Å². The van der Waals surface area contributed by atoms with Crippen molar-refractivity contribution in [1.82, 2.24) is 0 Å². The van der Waals surface area contributed by atoms with Crippen molar-refractivity contribution in [2.45, 2.75) is 43.6 Å². The molecule has 15 heteroatoms. The Labute approximate surface area is 232 Å². The Balaban J connectivity index is 1.91. The number of rotatable bonds is 12. The van der Waals surface area contributed by atoms with E-state index < -0.39 is 48.2 Å². The van der Waals surface area contributed by atoms with E-state index in [1.54, 1.807) is 24.3 Å². The summed E-state index contributed by atoms with van der Waals surface area (Å²) in [7, 11) is 0. The van der Waals surface area contributed by atoms with E-state index >= 15 is 0 Å². The number of hydrogen-bond donors (Lipinski definition) is 1. The Hall–Kier alpha value is -3.88. The molecule has 3 aromatic carbocycles. The molecule has 0 aromatic heterocycles. The third-order valence-corrected chi connectivity index (χ3v) is 5.52. The highest BCUT2D eigenvalue weighted by molar-refractivity contribution is 5.51. The number of ether oxygens (including phenoxy) is 2. The van der Waals surface area contributed by atoms with Crippen LogP contribution >= 0.6 is 0 Å². The van der Waals surface area contributed by atoms with Crippen molar-refractivity contribution in [3.63, 3.8) is 0 Å². The summed E-state index contributed by atoms with van der Waals surface area (Å²) < 4.78 is 144. The van der Waals surface area contributed by atoms with Crippen molar-refractivity contribution in [1.29, 1.82) is 0 Å². The second-order valence-corrected chi connectivity index (χ2v) is 8.80. The first-order valence-electron chi connectivity index (χ1n) is 12.1. The molecule has 0 aliphatic carbocycles. The van der Waals surface area contributed by atoms with Gasteiger partial charge < -0.3 is 19.4 Å². The summed E-state index contributed by atoms with van der Waals surface area (Å²) in [6, 6.07) is 13.2. The van der Waals surface area contributed by atoms with Crippen LogP contribution in [0.1, 0.15) is 18.9 Å². The van der Waals surface area contributed by atoms with E-state index in [0.717, 1.165) is 18.6 Å². The first kappa shape index (κ1) is 32.6. The molecule has 0 aliphatic heterocycles. The fourth-order valence-corrected chi connectivity index (χ4v) is 3.35. The molecule has 5 nitrogen and oxygen atoms in total. The van der Waals surface area contributed by atoms with Crippen LogP contribution in [0.5, 0.6) is 23.0 Å². The van der Waals surface area contributed by atoms with Crippen molar-refractivity contribution < 1.29 is 63.3 Å². The molecule has 3 aromatic rings. The van der Waals surface area contributed by atoms with Gasteiger partial charge in [0.2, 0.25) is 0 Å². The van der Waals surface area contributed by atoms with Crippen molar-refractivity contribution in [3.8, 4) is 23.0 Å². The van der Waals surface area contributed by atoms with Crippen LogP contribution in [-0.2, 0) is 5.92 Å². The Bertz CT molecular complexity index is 1310. The van der Waals surface area contributed by atoms with Crippen LogP contribution in [0, 0.1) is 0 Å². The SMILES string of the molecule is CCCOc1ccc(Oc2cccc(N(CC(O)C(F)(F)F)Oc3cccc(C(F)(F)C(F)(F)C(F)(F)F)c3)c2)cc1. The number of aliphatic hydroxyl groups excluding tert-OH is 1. The van der Waals surface area contributed by atoms with Gasteiger partial charge in [-0.1, -0.05) is 25.1 Å². The number of benzene rings is 3. The predicted octanol–water partition coefficient (Wildman–Crippen LogP) is 8.28. The zero-order valence-electron chi connectivity index (χ0n) is 21.5. The molecule has 42 heavy (non-hydrogen) atoms. The maximum atomic E-state index is 14.2. The lowest BCUT2D eigenvalue weighted by molar-refractivity contribution is -0.359. The molecule has 0 spiro atoms. The van der Waals surface area contributed by atoms with Gasteiger partial charge >= 0.3 is 24.2 Å². The summed E-state index contributed by atoms with van der Waals surface area (Å²) in [5, 5.41) is 10.0. The molecule has 0 heterocycles. The number of hydroxylamine groups is 1. The third-order valence-electron chi connectivity index (χ3n) is 5.52. The average molecular weight is 615 g/mol. The molecule has 0 saturated heterocycles. The summed E-state index contributed by atoms with van der Waals surface area (Å²) in [6.45, 7) is 1.05. The Morgan fingerprint density at radius 3 is 1.93 bits per heavy atom. The van der Waals surface area contributed by atoms with Gasteiger partial charge in [0.25, 0.3) is 0 Å². The van der Waals surface area contributed by atoms with Gasteiger partial charge in [-0.25, -0.2) is 5.06 Å². The number of alkyl halides is 10. The maximum absolute atomic E-state index is 14.2. The number of halogens is 10. The molecular formula is C27H23F10NO4. The van der Waals surface area contributed by atoms with E-state index in [9.17, 15) is 49.0 Å². The van der Waals surface area contributed by atoms with Crippen LogP contribution in [0.15, 0.2) is 72.8 Å². The Kier molecular flexibility index (Phi) is 9.75. The van der Waals surface area contributed by atoms with Gasteiger partial charge in [-0.05, 0) is 55.0 Å². The monoisotopic (exact) mass is 615 g/mol. The molecule has 230 valence electrons. The van der Waals surface area contributed by atoms with Crippen LogP contribution in [0.3, 0.4) is 0 Å². The topological polar surface area (TPSA) is 51.2 Å². The molecule has 0 fully saturated rings. The number of aliphatic hydroxyl groups is 1. The summed E-state index contributed by atoms with van der Waals surface area (Å²) in [5.74, 6) is -12.2. The van der Waals surface area contributed by atoms with Crippen LogP contribution in [-0.4, -0.2) is 42.6 Å². The molecule has 0 radical (unpaired) electrons. The lowest BCUT2D eigenvalue weighted by atomic mass is 10.0. The molecule has 1 unspecified atom stereocenters. The third kappa shape index (κ3) is 7.69. The highest BCUT2D eigenvalue weighted by Crippen LogP contribution is 2.52. The fourth-order valence-electron chi connectivity index (χ4n) is 3.35. The molecule has 0 saturated carbocycles. The molecule has 3 rings (SSSR count). The zero-order chi connectivity index (χ0) is 31.3. The molecule has 0 aliphatic rings. The maximum Gasteiger partial charge on any atom is 0.460 e. The highest BCUT2D eigenvalue weighted by Gasteiger charge is 2.73. The average Bonchev–Trinajstić information content (AvgIpc) is 2.91. The van der Waals surface area contributed by atoms with Crippen LogP contribution in [0.2, 0.25) is 0 Å². The normalized spacial score (nSPS) is 13.4. The van der Waals surface area contributed by atoms with E-state index in [4.69, 9.17) is 14.3 Å². The predicted molar refractivity (Wildman–Crippen MR) is 130 cm³/mol. The minimum atomic E-state index is -6.61. The van der Waals surface area contributed by atoms with E-state index in [2.05, 4.69) is 0 Å². The van der Waals surface area contributed by atoms with E-state index in [1.807, 2.05) is 6.92 Å². The van der Waals surface area contributed by atoms with Crippen LogP contribution in [0.25, 0.3) is 0 Å². The Morgan fingerprint density at radius 1 is 0.738 bits per heavy atom. The number of nitrogens with zero attached hydrogens (tertiary/aromatic N) is 1. The first-order chi connectivity index (χ1) is 19.5. The molecule has 1 atom stereocenters. The second-order valence-electron chi connectivity index (χ2n) is 8.80. The van der Waals surface area contributed by atoms with Gasteiger partial charge in [0, 0.05) is 11.6 Å². The second kappa shape index (κ2) is 12.5. The van der Waals surface area contributed by atoms with Crippen LogP contribution < -0.4 is 19.4 Å². The van der Waals surface area contributed by atoms with Crippen molar-refractivity contribution in [3.05, 3.63) is 78.4 Å². The lowest BCUT2D eigenvalue weighted by Gasteiger charge is -2.30. The summed E-state index contributed by atoms with van der Waals surface area (Å²) >= 11 is 0. The molecule has 0 amide bonds. The zero-order valence-corrected chi connectivity index (χ0v) is 21.5. The van der Waals surface area contributed by atoms with Crippen molar-refractivity contribution in [2.75, 3.05) is 18.2 Å². The van der Waals surface area contributed by atoms with Crippen molar-refractivity contribution >= 4 is 5.69 Å². The standard InChI is InChI=1S/C27H23F10NO4/c1-2-13-40-19-9-11-20(12-10-19)41-21-7-4-6-18(15-21)38(16-23(39)25(30,31)32)42-22-8-3-5-17(14-22)24(28,29)26(33,34)27(35,36)37/h3-12,14-15,23,39H,2,13,16H2,1H3. The first-order valence-corrected chi connectivity index (χ1v) is 12.1. The summed E-state index contributed by atoms with van der Waals surface area (Å²) in [4.78, 5) is 5.20. The molecule has 0 bridgehead atoms. The highest BCUT2D eigenvalue weighted by atomic mass is 19.4. The van der Waals surface area contributed by atoms with Crippen molar-refractivity contribution in [2.24, 2.45) is 0 Å². The van der Waals surface area contributed by atoms with Gasteiger partial charge in [0.15, 0.2) is 11.9 Å². The molecule has 1 N–H and O–H groups in total. The number of hydrogen-bond acceptors (Lipinski definition) is 5. The van der Waals surface area contributed by atoms with E-state index in [0.29, 0.717) is 29.2 Å². The van der Waals surface area contributed by atoms with Gasteiger partial charge in [0.1, 0.15) is 17.2 Å². The molecular weight excluding hydrogens is 592 g/mol. The van der Waals surface area contributed by atoms with Gasteiger partial charge in [-0.15, -0.1) is 0 Å². The largest absolute Gasteiger partial charge is 0.494 e. The quantitative estimate of drug-likeness (QED) is 0.164. The van der Waals surface area contributed by atoms with E-state index in [-0.39, 0.29) is 23.6 Å². The van der Waals surface area contributed by atoms with Gasteiger partial charge in [-0.3, -0.25) is 0 Å². The fraction of sp³-hybridized carbons (Fsp3) is 0.333. The lowest BCUT2D eigenvalue weighted by Crippen LogP contribution is -2.50. The van der Waals surface area contributed by atoms with Crippen LogP contribution in [0.4, 0.5) is 49.6 Å². The summed E-state index contributed by atoms with van der Waals surface area (Å²) in [5.41, 5.74) is -2.04. The van der Waals surface area contributed by atoms with E-state index in [1.165, 1.54) is 18.2 Å². The smallest absolute Gasteiger partial charge is 0.460 e. The number of anilines is 1. The minimum absolute atomic E-state index is 0.0509.